The van der Waals surface area contributed by atoms with E-state index in [9.17, 15) is 9.18 Å². The van der Waals surface area contributed by atoms with E-state index in [1.807, 2.05) is 0 Å². The number of hydrogen-bond acceptors (Lipinski definition) is 5. The number of amides is 1. The number of carbonyl (C=O) groups excluding carboxylic acids is 1. The van der Waals surface area contributed by atoms with Crippen molar-refractivity contribution in [1.82, 2.24) is 20.2 Å². The van der Waals surface area contributed by atoms with Gasteiger partial charge in [-0.2, -0.15) is 0 Å². The van der Waals surface area contributed by atoms with Crippen molar-refractivity contribution in [2.45, 2.75) is 56.5 Å². The van der Waals surface area contributed by atoms with Gasteiger partial charge in [0.25, 0.3) is 0 Å². The number of nitrogens with one attached hydrogen (secondary N) is 1. The van der Waals surface area contributed by atoms with Crippen molar-refractivity contribution >= 4 is 17.7 Å². The van der Waals surface area contributed by atoms with Crippen LogP contribution < -0.4 is 11.2 Å². The molecule has 1 aliphatic carbocycles. The zero-order valence-corrected chi connectivity index (χ0v) is 16.9. The van der Waals surface area contributed by atoms with Gasteiger partial charge in [0.05, 0.1) is 5.75 Å². The fourth-order valence-corrected chi connectivity index (χ4v) is 4.31. The van der Waals surface area contributed by atoms with Gasteiger partial charge in [0.15, 0.2) is 5.82 Å². The predicted molar refractivity (Wildman–Crippen MR) is 109 cm³/mol. The van der Waals surface area contributed by atoms with Crippen molar-refractivity contribution < 1.29 is 9.18 Å². The summed E-state index contributed by atoms with van der Waals surface area (Å²) < 4.78 is 15.1. The van der Waals surface area contributed by atoms with Crippen LogP contribution in [0, 0.1) is 11.7 Å². The van der Waals surface area contributed by atoms with Crippen LogP contribution in [-0.2, 0) is 17.6 Å². The summed E-state index contributed by atoms with van der Waals surface area (Å²) in [6.45, 7) is 0.391. The number of nitrogens with zero attached hydrogens (tertiary/aromatic N) is 3. The molecule has 1 amide bonds. The summed E-state index contributed by atoms with van der Waals surface area (Å²) in [4.78, 5) is 12.0. The van der Waals surface area contributed by atoms with Gasteiger partial charge in [-0.05, 0) is 30.4 Å². The third-order valence-corrected chi connectivity index (χ3v) is 6.19. The fourth-order valence-electron chi connectivity index (χ4n) is 3.60. The second-order valence-corrected chi connectivity index (χ2v) is 8.23. The highest BCUT2D eigenvalue weighted by Crippen LogP contribution is 2.27. The minimum atomic E-state index is -0.247. The van der Waals surface area contributed by atoms with E-state index in [0.717, 1.165) is 24.6 Å². The van der Waals surface area contributed by atoms with Crippen molar-refractivity contribution in [3.8, 4) is 0 Å². The summed E-state index contributed by atoms with van der Waals surface area (Å²) >= 11 is 1.27. The molecule has 1 fully saturated rings. The Morgan fingerprint density at radius 2 is 2.00 bits per heavy atom. The number of thioether (sulfide) groups is 1. The van der Waals surface area contributed by atoms with Crippen molar-refractivity contribution in [3.05, 3.63) is 41.5 Å². The Labute approximate surface area is 169 Å². The first kappa shape index (κ1) is 20.6. The molecule has 1 aliphatic rings. The predicted octanol–water partition coefficient (Wildman–Crippen LogP) is 3.09. The van der Waals surface area contributed by atoms with Crippen LogP contribution in [0.15, 0.2) is 29.4 Å². The lowest BCUT2D eigenvalue weighted by atomic mass is 9.86. The number of nitrogens with two attached hydrogens (primary N) is 1. The highest BCUT2D eigenvalue weighted by atomic mass is 32.2. The van der Waals surface area contributed by atoms with Crippen LogP contribution in [0.4, 0.5) is 4.39 Å². The second kappa shape index (κ2) is 10.5. The van der Waals surface area contributed by atoms with Crippen LogP contribution in [0.3, 0.4) is 0 Å². The quantitative estimate of drug-likeness (QED) is 0.495. The molecule has 1 aromatic carbocycles. The fraction of sp³-hybridized carbons (Fsp3) is 0.550. The maximum Gasteiger partial charge on any atom is 0.230 e. The van der Waals surface area contributed by atoms with Crippen molar-refractivity contribution in [1.29, 1.82) is 0 Å². The monoisotopic (exact) mass is 405 g/mol. The first-order chi connectivity index (χ1) is 13.6. The summed E-state index contributed by atoms with van der Waals surface area (Å²) in [6, 6.07) is 6.59. The Hall–Kier alpha value is -2.09. The molecule has 2 aromatic rings. The first-order valence-electron chi connectivity index (χ1n) is 9.95. The average Bonchev–Trinajstić information content (AvgIpc) is 3.06. The topological polar surface area (TPSA) is 85.8 Å². The molecule has 0 bridgehead atoms. The smallest absolute Gasteiger partial charge is 0.230 e. The standard InChI is InChI=1S/C20H28FN5OS/c21-17-9-5-4-8-16(17)12-13-23-19(27)14-28-20-25-24-18(26(20)22)11-10-15-6-2-1-3-7-15/h4-5,8-9,15H,1-3,6-7,10-14,22H2,(H,23,27). The Kier molecular flexibility index (Phi) is 7.71. The van der Waals surface area contributed by atoms with Gasteiger partial charge in [-0.3, -0.25) is 4.79 Å². The molecule has 3 N–H and O–H groups in total. The summed E-state index contributed by atoms with van der Waals surface area (Å²) in [5.41, 5.74) is 0.597. The summed E-state index contributed by atoms with van der Waals surface area (Å²) in [5, 5.41) is 11.6. The van der Waals surface area contributed by atoms with Crippen LogP contribution in [0.5, 0.6) is 0 Å². The van der Waals surface area contributed by atoms with Crippen LogP contribution >= 0.6 is 11.8 Å². The SMILES string of the molecule is Nn1c(CCC2CCCCC2)nnc1SCC(=O)NCCc1ccccc1F. The summed E-state index contributed by atoms with van der Waals surface area (Å²) in [6.07, 6.45) is 8.98. The molecular weight excluding hydrogens is 377 g/mol. The van der Waals surface area contributed by atoms with Crippen molar-refractivity contribution in [2.24, 2.45) is 5.92 Å². The van der Waals surface area contributed by atoms with Gasteiger partial charge in [-0.25, -0.2) is 9.07 Å². The maximum atomic E-state index is 13.6. The minimum Gasteiger partial charge on any atom is -0.355 e. The van der Waals surface area contributed by atoms with Gasteiger partial charge in [0, 0.05) is 13.0 Å². The van der Waals surface area contributed by atoms with E-state index in [2.05, 4.69) is 15.5 Å². The number of carbonyl (C=O) groups is 1. The molecule has 3 rings (SSSR count). The molecule has 0 aliphatic heterocycles. The number of halogens is 1. The first-order valence-corrected chi connectivity index (χ1v) is 10.9. The van der Waals surface area contributed by atoms with Crippen LogP contribution in [0.2, 0.25) is 0 Å². The van der Waals surface area contributed by atoms with E-state index in [-0.39, 0.29) is 17.5 Å². The molecule has 1 aromatic heterocycles. The normalized spacial score (nSPS) is 14.9. The molecule has 28 heavy (non-hydrogen) atoms. The van der Waals surface area contributed by atoms with Gasteiger partial charge in [-0.15, -0.1) is 10.2 Å². The highest BCUT2D eigenvalue weighted by molar-refractivity contribution is 7.99. The molecule has 0 saturated heterocycles. The van der Waals surface area contributed by atoms with Crippen LogP contribution in [-0.4, -0.2) is 33.1 Å². The lowest BCUT2D eigenvalue weighted by molar-refractivity contribution is -0.118. The van der Waals surface area contributed by atoms with Gasteiger partial charge >= 0.3 is 0 Å². The van der Waals surface area contributed by atoms with E-state index in [0.29, 0.717) is 23.7 Å². The molecule has 0 unspecified atom stereocenters. The molecule has 1 saturated carbocycles. The lowest BCUT2D eigenvalue weighted by Gasteiger charge is -2.20. The van der Waals surface area contributed by atoms with Gasteiger partial charge in [-0.1, -0.05) is 62.1 Å². The minimum absolute atomic E-state index is 0.131. The van der Waals surface area contributed by atoms with Crippen molar-refractivity contribution in [2.75, 3.05) is 18.1 Å². The number of benzene rings is 1. The third-order valence-electron chi connectivity index (χ3n) is 5.24. The van der Waals surface area contributed by atoms with Gasteiger partial charge in [0.2, 0.25) is 11.1 Å². The number of nitrogen functional groups attached to an aromatic ring is 1. The molecule has 8 heteroatoms. The van der Waals surface area contributed by atoms with Crippen LogP contribution in [0.25, 0.3) is 0 Å². The molecule has 0 radical (unpaired) electrons. The zero-order chi connectivity index (χ0) is 19.8. The number of hydrogen-bond donors (Lipinski definition) is 2. The number of aryl methyl sites for hydroxylation is 1. The van der Waals surface area contributed by atoms with E-state index in [1.54, 1.807) is 18.2 Å². The largest absolute Gasteiger partial charge is 0.355 e. The number of aromatic nitrogens is 3. The molecule has 6 nitrogen and oxygen atoms in total. The second-order valence-electron chi connectivity index (χ2n) is 7.29. The maximum absolute atomic E-state index is 13.6. The van der Waals surface area contributed by atoms with E-state index < -0.39 is 0 Å². The Balaban J connectivity index is 1.38. The summed E-state index contributed by atoms with van der Waals surface area (Å²) in [7, 11) is 0. The van der Waals surface area contributed by atoms with Crippen LogP contribution in [0.1, 0.15) is 49.9 Å². The average molecular weight is 406 g/mol. The Morgan fingerprint density at radius 3 is 2.79 bits per heavy atom. The molecule has 0 spiro atoms. The number of rotatable bonds is 9. The van der Waals surface area contributed by atoms with E-state index in [4.69, 9.17) is 5.84 Å². The molecular formula is C20H28FN5OS. The van der Waals surface area contributed by atoms with E-state index in [1.165, 1.54) is 54.6 Å². The van der Waals surface area contributed by atoms with Gasteiger partial charge < -0.3 is 11.2 Å². The third kappa shape index (κ3) is 5.95. The zero-order valence-electron chi connectivity index (χ0n) is 16.1. The lowest BCUT2D eigenvalue weighted by Crippen LogP contribution is -2.27. The van der Waals surface area contributed by atoms with Gasteiger partial charge in [0.1, 0.15) is 5.82 Å². The Bertz CT molecular complexity index is 776. The van der Waals surface area contributed by atoms with E-state index >= 15 is 0 Å². The molecule has 1 heterocycles. The Morgan fingerprint density at radius 1 is 1.21 bits per heavy atom. The summed E-state index contributed by atoms with van der Waals surface area (Å²) in [5.74, 6) is 7.46. The van der Waals surface area contributed by atoms with Crippen molar-refractivity contribution in [3.63, 3.8) is 0 Å². The molecule has 152 valence electrons. The molecule has 0 atom stereocenters. The highest BCUT2D eigenvalue weighted by Gasteiger charge is 2.17.